The highest BCUT2D eigenvalue weighted by Crippen LogP contribution is 2.30. The minimum absolute atomic E-state index is 0. The van der Waals surface area contributed by atoms with E-state index < -0.39 is 0 Å². The van der Waals surface area contributed by atoms with Crippen LogP contribution in [0.2, 0.25) is 0 Å². The van der Waals surface area contributed by atoms with Crippen LogP contribution >= 0.6 is 12.4 Å². The molecule has 1 saturated heterocycles. The standard InChI is InChI=1S/C18H26N4.ClH/c1-14-17(11-21-10-9-18(3,12-19)13-21)15(2)22(20-14)16-7-5-4-6-8-16;/h4-8H,9-13,19H2,1-3H3;1H. The number of aromatic nitrogens is 2. The molecule has 1 aliphatic heterocycles. The molecule has 0 radical (unpaired) electrons. The molecule has 5 heteroatoms. The van der Waals surface area contributed by atoms with E-state index in [9.17, 15) is 0 Å². The SMILES string of the molecule is Cc1nn(-c2ccccc2)c(C)c1CN1CCC(C)(CN)C1.Cl. The molecular formula is C18H27ClN4. The first kappa shape index (κ1) is 18.0. The third kappa shape index (κ3) is 3.60. The van der Waals surface area contributed by atoms with Crippen LogP contribution in [0.5, 0.6) is 0 Å². The lowest BCUT2D eigenvalue weighted by Crippen LogP contribution is -2.31. The summed E-state index contributed by atoms with van der Waals surface area (Å²) in [5.74, 6) is 0. The van der Waals surface area contributed by atoms with Crippen molar-refractivity contribution in [1.82, 2.24) is 14.7 Å². The lowest BCUT2D eigenvalue weighted by Gasteiger charge is -2.22. The maximum atomic E-state index is 5.92. The zero-order valence-corrected chi connectivity index (χ0v) is 15.1. The van der Waals surface area contributed by atoms with Gasteiger partial charge in [-0.1, -0.05) is 25.1 Å². The highest BCUT2D eigenvalue weighted by Gasteiger charge is 2.33. The summed E-state index contributed by atoms with van der Waals surface area (Å²) in [6.07, 6.45) is 1.19. The van der Waals surface area contributed by atoms with Crippen molar-refractivity contribution in [2.75, 3.05) is 19.6 Å². The third-order valence-electron chi connectivity index (χ3n) is 4.95. The van der Waals surface area contributed by atoms with Gasteiger partial charge >= 0.3 is 0 Å². The van der Waals surface area contributed by atoms with Gasteiger partial charge in [0.1, 0.15) is 0 Å². The fraction of sp³-hybridized carbons (Fsp3) is 0.500. The Labute approximate surface area is 145 Å². The predicted molar refractivity (Wildman–Crippen MR) is 97.3 cm³/mol. The van der Waals surface area contributed by atoms with Gasteiger partial charge in [-0.25, -0.2) is 4.68 Å². The van der Waals surface area contributed by atoms with Gasteiger partial charge in [0.05, 0.1) is 11.4 Å². The van der Waals surface area contributed by atoms with Crippen LogP contribution < -0.4 is 5.73 Å². The molecule has 1 aromatic carbocycles. The highest BCUT2D eigenvalue weighted by atomic mass is 35.5. The van der Waals surface area contributed by atoms with Gasteiger partial charge in [-0.15, -0.1) is 12.4 Å². The van der Waals surface area contributed by atoms with Crippen LogP contribution in [0.1, 0.15) is 30.3 Å². The second-order valence-corrected chi connectivity index (χ2v) is 6.87. The zero-order valence-electron chi connectivity index (χ0n) is 14.2. The molecule has 2 N–H and O–H groups in total. The number of para-hydroxylation sites is 1. The summed E-state index contributed by atoms with van der Waals surface area (Å²) in [5.41, 5.74) is 11.0. The molecule has 0 amide bonds. The van der Waals surface area contributed by atoms with E-state index >= 15 is 0 Å². The molecule has 1 aromatic heterocycles. The van der Waals surface area contributed by atoms with Gasteiger partial charge in [0, 0.05) is 24.3 Å². The van der Waals surface area contributed by atoms with Crippen molar-refractivity contribution >= 4 is 12.4 Å². The highest BCUT2D eigenvalue weighted by molar-refractivity contribution is 5.85. The molecular weight excluding hydrogens is 308 g/mol. The second-order valence-electron chi connectivity index (χ2n) is 6.87. The Bertz CT molecular complexity index is 653. The van der Waals surface area contributed by atoms with Crippen molar-refractivity contribution in [3.05, 3.63) is 47.3 Å². The quantitative estimate of drug-likeness (QED) is 0.934. The monoisotopic (exact) mass is 334 g/mol. The maximum Gasteiger partial charge on any atom is 0.0648 e. The van der Waals surface area contributed by atoms with E-state index in [-0.39, 0.29) is 17.8 Å². The molecule has 2 heterocycles. The number of hydrogen-bond acceptors (Lipinski definition) is 3. The number of benzene rings is 1. The number of aryl methyl sites for hydroxylation is 1. The van der Waals surface area contributed by atoms with Crippen LogP contribution in [0.25, 0.3) is 5.69 Å². The van der Waals surface area contributed by atoms with E-state index in [2.05, 4.69) is 54.6 Å². The second kappa shape index (κ2) is 7.04. The Morgan fingerprint density at radius 3 is 2.52 bits per heavy atom. The van der Waals surface area contributed by atoms with Gasteiger partial charge in [0.25, 0.3) is 0 Å². The van der Waals surface area contributed by atoms with Gasteiger partial charge in [-0.3, -0.25) is 4.90 Å². The summed E-state index contributed by atoms with van der Waals surface area (Å²) in [6, 6.07) is 10.3. The molecule has 0 bridgehead atoms. The van der Waals surface area contributed by atoms with Gasteiger partial charge in [-0.05, 0) is 50.9 Å². The van der Waals surface area contributed by atoms with Crippen molar-refractivity contribution in [2.24, 2.45) is 11.1 Å². The largest absolute Gasteiger partial charge is 0.330 e. The van der Waals surface area contributed by atoms with Crippen LogP contribution in [0.3, 0.4) is 0 Å². The molecule has 4 nitrogen and oxygen atoms in total. The van der Waals surface area contributed by atoms with Crippen molar-refractivity contribution in [1.29, 1.82) is 0 Å². The summed E-state index contributed by atoms with van der Waals surface area (Å²) in [7, 11) is 0. The van der Waals surface area contributed by atoms with E-state index in [4.69, 9.17) is 10.8 Å². The minimum atomic E-state index is 0. The van der Waals surface area contributed by atoms with Crippen LogP contribution in [-0.4, -0.2) is 34.3 Å². The van der Waals surface area contributed by atoms with E-state index in [1.807, 2.05) is 6.07 Å². The van der Waals surface area contributed by atoms with Crippen LogP contribution in [-0.2, 0) is 6.54 Å². The third-order valence-corrected chi connectivity index (χ3v) is 4.95. The Kier molecular flexibility index (Phi) is 5.50. The molecule has 126 valence electrons. The van der Waals surface area contributed by atoms with Gasteiger partial charge < -0.3 is 5.73 Å². The average Bonchev–Trinajstić information content (AvgIpc) is 3.04. The molecule has 1 aliphatic rings. The number of nitrogens with two attached hydrogens (primary N) is 1. The summed E-state index contributed by atoms with van der Waals surface area (Å²) >= 11 is 0. The molecule has 2 aromatic rings. The Balaban J connectivity index is 0.00000192. The average molecular weight is 335 g/mol. The van der Waals surface area contributed by atoms with Crippen LogP contribution in [0, 0.1) is 19.3 Å². The number of likely N-dealkylation sites (tertiary alicyclic amines) is 1. The topological polar surface area (TPSA) is 47.1 Å². The van der Waals surface area contributed by atoms with Crippen LogP contribution in [0.4, 0.5) is 0 Å². The molecule has 1 fully saturated rings. The Morgan fingerprint density at radius 1 is 1.22 bits per heavy atom. The zero-order chi connectivity index (χ0) is 15.7. The molecule has 1 atom stereocenters. The fourth-order valence-corrected chi connectivity index (χ4v) is 3.38. The first-order valence-corrected chi connectivity index (χ1v) is 8.05. The summed E-state index contributed by atoms with van der Waals surface area (Å²) in [4.78, 5) is 2.51. The first-order chi connectivity index (χ1) is 10.5. The van der Waals surface area contributed by atoms with E-state index in [1.54, 1.807) is 0 Å². The smallest absolute Gasteiger partial charge is 0.0648 e. The maximum absolute atomic E-state index is 5.92. The Morgan fingerprint density at radius 2 is 1.91 bits per heavy atom. The number of nitrogens with zero attached hydrogens (tertiary/aromatic N) is 3. The first-order valence-electron chi connectivity index (χ1n) is 8.05. The number of halogens is 1. The predicted octanol–water partition coefficient (Wildman–Crippen LogP) is 3.08. The summed E-state index contributed by atoms with van der Waals surface area (Å²) in [6.45, 7) is 10.5. The molecule has 0 aliphatic carbocycles. The van der Waals surface area contributed by atoms with Crippen molar-refractivity contribution in [3.8, 4) is 5.69 Å². The number of hydrogen-bond donors (Lipinski definition) is 1. The van der Waals surface area contributed by atoms with Gasteiger partial charge in [0.15, 0.2) is 0 Å². The molecule has 3 rings (SSSR count). The summed E-state index contributed by atoms with van der Waals surface area (Å²) in [5, 5.41) is 4.74. The van der Waals surface area contributed by atoms with E-state index in [1.165, 1.54) is 17.7 Å². The van der Waals surface area contributed by atoms with Gasteiger partial charge in [-0.2, -0.15) is 5.10 Å². The number of rotatable bonds is 4. The van der Waals surface area contributed by atoms with Crippen molar-refractivity contribution < 1.29 is 0 Å². The molecule has 23 heavy (non-hydrogen) atoms. The van der Waals surface area contributed by atoms with E-state index in [0.29, 0.717) is 0 Å². The Hall–Kier alpha value is -1.36. The normalized spacial score (nSPS) is 21.4. The van der Waals surface area contributed by atoms with Gasteiger partial charge in [0.2, 0.25) is 0 Å². The van der Waals surface area contributed by atoms with E-state index in [0.717, 1.165) is 37.6 Å². The summed E-state index contributed by atoms with van der Waals surface area (Å²) < 4.78 is 2.06. The fourth-order valence-electron chi connectivity index (χ4n) is 3.38. The molecule has 0 spiro atoms. The van der Waals surface area contributed by atoms with Crippen LogP contribution in [0.15, 0.2) is 30.3 Å². The van der Waals surface area contributed by atoms with Crippen molar-refractivity contribution in [2.45, 2.75) is 33.7 Å². The molecule has 0 saturated carbocycles. The molecule has 1 unspecified atom stereocenters. The minimum Gasteiger partial charge on any atom is -0.330 e. The lowest BCUT2D eigenvalue weighted by atomic mass is 9.90. The van der Waals surface area contributed by atoms with Crippen molar-refractivity contribution in [3.63, 3.8) is 0 Å². The lowest BCUT2D eigenvalue weighted by molar-refractivity contribution is 0.273.